The second-order valence-electron chi connectivity index (χ2n) is 6.78. The van der Waals surface area contributed by atoms with Gasteiger partial charge in [0.15, 0.2) is 0 Å². The van der Waals surface area contributed by atoms with E-state index in [1.165, 1.54) is 39.1 Å². The largest absolute Gasteiger partial charge is 0.497 e. The van der Waals surface area contributed by atoms with E-state index in [0.29, 0.717) is 0 Å². The van der Waals surface area contributed by atoms with Gasteiger partial charge >= 0.3 is 11.9 Å². The molecule has 1 aromatic rings. The van der Waals surface area contributed by atoms with Gasteiger partial charge in [0.05, 0.1) is 13.7 Å². The Morgan fingerprint density at radius 2 is 1.79 bits per heavy atom. The highest BCUT2D eigenvalue weighted by Crippen LogP contribution is 2.25. The van der Waals surface area contributed by atoms with E-state index in [9.17, 15) is 0 Å². The molecular weight excluding hydrogens is 376 g/mol. The Morgan fingerprint density at radius 3 is 2.34 bits per heavy atom. The van der Waals surface area contributed by atoms with Crippen molar-refractivity contribution in [3.05, 3.63) is 36.4 Å². The second-order valence-corrected chi connectivity index (χ2v) is 6.78. The Hall–Kier alpha value is -2.58. The predicted octanol–water partition coefficient (Wildman–Crippen LogP) is 1.99. The number of aliphatic carboxylic acids is 2. The normalized spacial score (nSPS) is 14.4. The summed E-state index contributed by atoms with van der Waals surface area (Å²) in [6, 6.07) is 5.98. The van der Waals surface area contributed by atoms with Crippen LogP contribution in [0.2, 0.25) is 0 Å². The number of likely N-dealkylation sites (N-methyl/N-ethyl adjacent to an activating group) is 1. The van der Waals surface area contributed by atoms with Crippen molar-refractivity contribution >= 4 is 11.9 Å². The van der Waals surface area contributed by atoms with Crippen molar-refractivity contribution in [3.63, 3.8) is 0 Å². The highest BCUT2D eigenvalue weighted by Gasteiger charge is 2.12. The number of hydrogen-bond donors (Lipinski definition) is 2. The Kier molecular flexibility index (Phi) is 11.4. The summed E-state index contributed by atoms with van der Waals surface area (Å²) in [6.45, 7) is 10.5. The Labute approximate surface area is 172 Å². The number of ether oxygens (including phenoxy) is 2. The van der Waals surface area contributed by atoms with Crippen LogP contribution < -0.4 is 9.47 Å². The molecule has 0 amide bonds. The molecule has 1 saturated heterocycles. The average molecular weight is 408 g/mol. The zero-order chi connectivity index (χ0) is 21.6. The molecule has 0 saturated carbocycles. The number of allylic oxidation sites excluding steroid dienone is 1. The maximum atomic E-state index is 9.10. The van der Waals surface area contributed by atoms with Crippen molar-refractivity contribution < 1.29 is 29.3 Å². The number of rotatable bonds is 9. The molecule has 0 atom stereocenters. The summed E-state index contributed by atoms with van der Waals surface area (Å²) < 4.78 is 11.2. The fourth-order valence-corrected chi connectivity index (χ4v) is 2.83. The summed E-state index contributed by atoms with van der Waals surface area (Å²) in [4.78, 5) is 23.1. The summed E-state index contributed by atoms with van der Waals surface area (Å²) in [5, 5.41) is 14.8. The van der Waals surface area contributed by atoms with Gasteiger partial charge in [-0.3, -0.25) is 0 Å². The lowest BCUT2D eigenvalue weighted by Crippen LogP contribution is -2.44. The molecule has 0 radical (unpaired) electrons. The first kappa shape index (κ1) is 24.5. The monoisotopic (exact) mass is 408 g/mol. The van der Waals surface area contributed by atoms with Crippen molar-refractivity contribution in [2.75, 3.05) is 53.5 Å². The van der Waals surface area contributed by atoms with E-state index < -0.39 is 11.9 Å². The molecule has 1 aliphatic heterocycles. The van der Waals surface area contributed by atoms with Crippen molar-refractivity contribution in [2.24, 2.45) is 0 Å². The van der Waals surface area contributed by atoms with Crippen LogP contribution in [0.15, 0.2) is 30.9 Å². The molecule has 8 heteroatoms. The quantitative estimate of drug-likeness (QED) is 0.364. The Bertz CT molecular complexity index is 645. The molecule has 1 aromatic carbocycles. The fraction of sp³-hybridized carbons (Fsp3) is 0.524. The second kappa shape index (κ2) is 13.6. The summed E-state index contributed by atoms with van der Waals surface area (Å²) >= 11 is 0. The number of carboxylic acid groups (broad SMARTS) is 2. The SMILES string of the molecule is C=CCc1cc(OC)ccc1OCCCCN1CCN(C)CC1.O=C(O)C(=O)O. The Morgan fingerprint density at radius 1 is 1.14 bits per heavy atom. The van der Waals surface area contributed by atoms with Crippen LogP contribution >= 0.6 is 0 Å². The van der Waals surface area contributed by atoms with Crippen LogP contribution in [-0.4, -0.2) is 85.4 Å². The van der Waals surface area contributed by atoms with E-state index in [2.05, 4.69) is 23.4 Å². The van der Waals surface area contributed by atoms with Gasteiger partial charge in [-0.1, -0.05) is 6.08 Å². The van der Waals surface area contributed by atoms with Gasteiger partial charge in [-0.15, -0.1) is 6.58 Å². The van der Waals surface area contributed by atoms with Crippen molar-refractivity contribution in [3.8, 4) is 11.5 Å². The van der Waals surface area contributed by atoms with Gasteiger partial charge < -0.3 is 29.5 Å². The molecule has 1 fully saturated rings. The van der Waals surface area contributed by atoms with Gasteiger partial charge in [0.1, 0.15) is 11.5 Å². The summed E-state index contributed by atoms with van der Waals surface area (Å²) in [6.07, 6.45) is 4.98. The van der Waals surface area contributed by atoms with Crippen LogP contribution in [0.3, 0.4) is 0 Å². The molecule has 0 spiro atoms. The lowest BCUT2D eigenvalue weighted by atomic mass is 10.1. The highest BCUT2D eigenvalue weighted by molar-refractivity contribution is 6.27. The third kappa shape index (κ3) is 9.96. The molecule has 1 aliphatic rings. The number of carbonyl (C=O) groups is 2. The van der Waals surface area contributed by atoms with Crippen molar-refractivity contribution in [2.45, 2.75) is 19.3 Å². The van der Waals surface area contributed by atoms with E-state index in [1.54, 1.807) is 7.11 Å². The minimum absolute atomic E-state index is 0.768. The molecule has 2 rings (SSSR count). The smallest absolute Gasteiger partial charge is 0.414 e. The van der Waals surface area contributed by atoms with E-state index in [1.807, 2.05) is 24.3 Å². The number of hydrogen-bond acceptors (Lipinski definition) is 6. The fourth-order valence-electron chi connectivity index (χ4n) is 2.83. The first-order valence-corrected chi connectivity index (χ1v) is 9.65. The van der Waals surface area contributed by atoms with Gasteiger partial charge in [-0.2, -0.15) is 0 Å². The molecule has 0 unspecified atom stereocenters. The minimum Gasteiger partial charge on any atom is -0.497 e. The predicted molar refractivity (Wildman–Crippen MR) is 111 cm³/mol. The first-order chi connectivity index (χ1) is 13.9. The highest BCUT2D eigenvalue weighted by atomic mass is 16.5. The number of unbranched alkanes of at least 4 members (excludes halogenated alkanes) is 1. The van der Waals surface area contributed by atoms with Crippen LogP contribution in [-0.2, 0) is 16.0 Å². The minimum atomic E-state index is -1.82. The molecule has 0 aliphatic carbocycles. The molecule has 29 heavy (non-hydrogen) atoms. The lowest BCUT2D eigenvalue weighted by Gasteiger charge is -2.32. The Balaban J connectivity index is 0.000000612. The molecular formula is C21H32N2O6. The molecule has 0 bridgehead atoms. The van der Waals surface area contributed by atoms with Gasteiger partial charge in [-0.05, 0) is 51.1 Å². The van der Waals surface area contributed by atoms with Gasteiger partial charge in [0, 0.05) is 31.7 Å². The number of benzene rings is 1. The van der Waals surface area contributed by atoms with Crippen LogP contribution in [0.1, 0.15) is 18.4 Å². The van der Waals surface area contributed by atoms with Crippen molar-refractivity contribution in [1.29, 1.82) is 0 Å². The van der Waals surface area contributed by atoms with E-state index in [-0.39, 0.29) is 0 Å². The van der Waals surface area contributed by atoms with Gasteiger partial charge in [0.25, 0.3) is 0 Å². The van der Waals surface area contributed by atoms with Gasteiger partial charge in [0.2, 0.25) is 0 Å². The van der Waals surface area contributed by atoms with Crippen molar-refractivity contribution in [1.82, 2.24) is 9.80 Å². The average Bonchev–Trinajstić information content (AvgIpc) is 2.70. The maximum Gasteiger partial charge on any atom is 0.414 e. The molecule has 0 aromatic heterocycles. The summed E-state index contributed by atoms with van der Waals surface area (Å²) in [5.41, 5.74) is 1.14. The molecule has 1 heterocycles. The molecule has 162 valence electrons. The lowest BCUT2D eigenvalue weighted by molar-refractivity contribution is -0.159. The van der Waals surface area contributed by atoms with Crippen LogP contribution in [0, 0.1) is 0 Å². The van der Waals surface area contributed by atoms with E-state index in [4.69, 9.17) is 29.3 Å². The number of piperazine rings is 1. The number of carboxylic acids is 2. The zero-order valence-electron chi connectivity index (χ0n) is 17.3. The molecule has 2 N–H and O–H groups in total. The van der Waals surface area contributed by atoms with Crippen LogP contribution in [0.5, 0.6) is 11.5 Å². The molecule has 8 nitrogen and oxygen atoms in total. The van der Waals surface area contributed by atoms with E-state index in [0.717, 1.165) is 36.5 Å². The number of nitrogens with zero attached hydrogens (tertiary/aromatic N) is 2. The maximum absolute atomic E-state index is 9.10. The van der Waals surface area contributed by atoms with E-state index >= 15 is 0 Å². The topological polar surface area (TPSA) is 99.5 Å². The summed E-state index contributed by atoms with van der Waals surface area (Å²) in [5.74, 6) is -1.83. The van der Waals surface area contributed by atoms with Crippen LogP contribution in [0.25, 0.3) is 0 Å². The first-order valence-electron chi connectivity index (χ1n) is 9.65. The standard InChI is InChI=1S/C19H30N2O2.C2H2O4/c1-4-7-17-16-18(22-3)8-9-19(17)23-15-6-5-10-21-13-11-20(2)12-14-21;3-1(4)2(5)6/h4,8-9,16H,1,5-7,10-15H2,2-3H3;(H,3,4)(H,5,6). The van der Waals surface area contributed by atoms with Gasteiger partial charge in [-0.25, -0.2) is 9.59 Å². The van der Waals surface area contributed by atoms with Crippen LogP contribution in [0.4, 0.5) is 0 Å². The number of methoxy groups -OCH3 is 1. The zero-order valence-corrected chi connectivity index (χ0v) is 17.3. The third-order valence-corrected chi connectivity index (χ3v) is 4.54. The third-order valence-electron chi connectivity index (χ3n) is 4.54. The summed E-state index contributed by atoms with van der Waals surface area (Å²) in [7, 11) is 3.88.